The molecule has 0 bridgehead atoms. The zero-order valence-electron chi connectivity index (χ0n) is 16.3. The Morgan fingerprint density at radius 3 is 2.63 bits per heavy atom. The topological polar surface area (TPSA) is 86.5 Å². The van der Waals surface area contributed by atoms with Crippen LogP contribution < -0.4 is 20.5 Å². The van der Waals surface area contributed by atoms with Crippen LogP contribution in [0, 0.1) is 5.92 Å². The molecule has 0 saturated carbocycles. The fourth-order valence-corrected chi connectivity index (χ4v) is 2.55. The highest BCUT2D eigenvalue weighted by Gasteiger charge is 2.16. The second-order valence-corrected chi connectivity index (χ2v) is 6.82. The summed E-state index contributed by atoms with van der Waals surface area (Å²) in [7, 11) is 0. The van der Waals surface area contributed by atoms with Gasteiger partial charge in [0.15, 0.2) is 11.5 Å². The number of hydrogen-bond acceptors (Lipinski definition) is 5. The van der Waals surface area contributed by atoms with E-state index in [0.29, 0.717) is 42.9 Å². The Balaban J connectivity index is 2.07. The summed E-state index contributed by atoms with van der Waals surface area (Å²) in [4.78, 5) is 16.5. The maximum absolute atomic E-state index is 12.2. The van der Waals surface area contributed by atoms with Gasteiger partial charge in [-0.2, -0.15) is 0 Å². The number of para-hydroxylation sites is 2. The first-order valence-corrected chi connectivity index (χ1v) is 9.38. The van der Waals surface area contributed by atoms with Crippen molar-refractivity contribution in [1.29, 1.82) is 0 Å². The van der Waals surface area contributed by atoms with Gasteiger partial charge in [0.1, 0.15) is 0 Å². The van der Waals surface area contributed by atoms with Crippen molar-refractivity contribution >= 4 is 5.91 Å². The molecule has 0 unspecified atom stereocenters. The maximum atomic E-state index is 12.2. The van der Waals surface area contributed by atoms with E-state index in [9.17, 15) is 4.79 Å². The highest BCUT2D eigenvalue weighted by atomic mass is 16.5. The molecule has 1 atom stereocenters. The molecule has 0 aliphatic rings. The average Bonchev–Trinajstić information content (AvgIpc) is 2.65. The lowest BCUT2D eigenvalue weighted by atomic mass is 10.0. The molecule has 0 aliphatic carbocycles. The third-order valence-corrected chi connectivity index (χ3v) is 3.88. The predicted octanol–water partition coefficient (Wildman–Crippen LogP) is 3.65. The number of benzene rings is 1. The number of ether oxygens (including phenoxy) is 2. The molecule has 146 valence electrons. The minimum atomic E-state index is -0.519. The molecule has 2 rings (SSSR count). The van der Waals surface area contributed by atoms with Gasteiger partial charge in [-0.25, -0.2) is 4.98 Å². The minimum Gasteiger partial charge on any atom is -0.490 e. The summed E-state index contributed by atoms with van der Waals surface area (Å²) in [5.74, 6) is 1.88. The van der Waals surface area contributed by atoms with Gasteiger partial charge in [-0.1, -0.05) is 39.0 Å². The van der Waals surface area contributed by atoms with Gasteiger partial charge in [-0.05, 0) is 37.0 Å². The lowest BCUT2D eigenvalue weighted by Gasteiger charge is -2.16. The number of carbonyl (C=O) groups is 1. The highest BCUT2D eigenvalue weighted by Crippen LogP contribution is 2.31. The Morgan fingerprint density at radius 2 is 1.93 bits per heavy atom. The van der Waals surface area contributed by atoms with Crippen LogP contribution in [-0.2, 0) is 11.3 Å². The van der Waals surface area contributed by atoms with Crippen LogP contribution in [0.2, 0.25) is 0 Å². The fraction of sp³-hybridized carbons (Fsp3) is 0.429. The van der Waals surface area contributed by atoms with Gasteiger partial charge in [0, 0.05) is 18.3 Å². The van der Waals surface area contributed by atoms with Gasteiger partial charge in [0.25, 0.3) is 0 Å². The third-order valence-electron chi connectivity index (χ3n) is 3.88. The third kappa shape index (κ3) is 6.57. The minimum absolute atomic E-state index is 0.176. The van der Waals surface area contributed by atoms with Crippen LogP contribution in [0.1, 0.15) is 39.2 Å². The number of nitrogens with one attached hydrogen (secondary N) is 1. The summed E-state index contributed by atoms with van der Waals surface area (Å²) in [5, 5.41) is 2.86. The van der Waals surface area contributed by atoms with Crippen molar-refractivity contribution in [3.8, 4) is 17.4 Å². The van der Waals surface area contributed by atoms with E-state index in [1.54, 1.807) is 6.20 Å². The lowest BCUT2D eigenvalue weighted by Crippen LogP contribution is -2.41. The number of aromatic nitrogens is 1. The largest absolute Gasteiger partial charge is 0.490 e. The Labute approximate surface area is 161 Å². The van der Waals surface area contributed by atoms with E-state index in [1.165, 1.54) is 0 Å². The van der Waals surface area contributed by atoms with E-state index in [0.717, 1.165) is 12.0 Å². The van der Waals surface area contributed by atoms with E-state index in [-0.39, 0.29) is 5.91 Å². The molecule has 1 aromatic carbocycles. The summed E-state index contributed by atoms with van der Waals surface area (Å²) in [5.41, 5.74) is 6.71. The SMILES string of the molecule is CCCOc1ccccc1Oc1ncccc1CNC(=O)[C@@H](N)CC(C)C. The molecule has 1 amide bonds. The molecule has 27 heavy (non-hydrogen) atoms. The molecule has 2 aromatic rings. The summed E-state index contributed by atoms with van der Waals surface area (Å²) in [6.45, 7) is 7.04. The number of amides is 1. The molecular weight excluding hydrogens is 342 g/mol. The fourth-order valence-electron chi connectivity index (χ4n) is 2.55. The van der Waals surface area contributed by atoms with Crippen molar-refractivity contribution in [3.05, 3.63) is 48.2 Å². The number of rotatable bonds is 10. The van der Waals surface area contributed by atoms with Crippen LogP contribution in [0.3, 0.4) is 0 Å². The smallest absolute Gasteiger partial charge is 0.237 e. The molecule has 1 aromatic heterocycles. The quantitative estimate of drug-likeness (QED) is 0.666. The molecule has 1 heterocycles. The van der Waals surface area contributed by atoms with E-state index < -0.39 is 6.04 Å². The number of nitrogens with zero attached hydrogens (tertiary/aromatic N) is 1. The Bertz CT molecular complexity index is 734. The van der Waals surface area contributed by atoms with Crippen molar-refractivity contribution in [2.45, 2.75) is 46.2 Å². The first kappa shape index (κ1) is 20.7. The van der Waals surface area contributed by atoms with Crippen LogP contribution in [0.5, 0.6) is 17.4 Å². The first-order valence-electron chi connectivity index (χ1n) is 9.38. The first-order chi connectivity index (χ1) is 13.0. The monoisotopic (exact) mass is 371 g/mol. The van der Waals surface area contributed by atoms with Gasteiger partial charge < -0.3 is 20.5 Å². The van der Waals surface area contributed by atoms with Crippen molar-refractivity contribution in [3.63, 3.8) is 0 Å². The van der Waals surface area contributed by atoms with Crippen molar-refractivity contribution in [2.24, 2.45) is 11.7 Å². The molecule has 0 fully saturated rings. The van der Waals surface area contributed by atoms with Gasteiger partial charge in [0.05, 0.1) is 12.6 Å². The Morgan fingerprint density at radius 1 is 1.19 bits per heavy atom. The highest BCUT2D eigenvalue weighted by molar-refractivity contribution is 5.81. The second-order valence-electron chi connectivity index (χ2n) is 6.82. The summed E-state index contributed by atoms with van der Waals surface area (Å²) >= 11 is 0. The van der Waals surface area contributed by atoms with E-state index in [1.807, 2.05) is 57.2 Å². The second kappa shape index (κ2) is 10.5. The summed E-state index contributed by atoms with van der Waals surface area (Å²) in [6, 6.07) is 10.6. The molecule has 6 heteroatoms. The van der Waals surface area contributed by atoms with Gasteiger partial charge in [-0.3, -0.25) is 4.79 Å². The molecular formula is C21H29N3O3. The van der Waals surface area contributed by atoms with E-state index in [2.05, 4.69) is 10.3 Å². The molecule has 0 radical (unpaired) electrons. The lowest BCUT2D eigenvalue weighted by molar-refractivity contribution is -0.122. The summed E-state index contributed by atoms with van der Waals surface area (Å²) in [6.07, 6.45) is 3.21. The molecule has 0 aliphatic heterocycles. The zero-order valence-corrected chi connectivity index (χ0v) is 16.3. The van der Waals surface area contributed by atoms with Crippen LogP contribution in [-0.4, -0.2) is 23.5 Å². The number of carbonyl (C=O) groups excluding carboxylic acids is 1. The van der Waals surface area contributed by atoms with E-state index >= 15 is 0 Å². The Kier molecular flexibility index (Phi) is 8.07. The van der Waals surface area contributed by atoms with Gasteiger partial charge in [-0.15, -0.1) is 0 Å². The molecule has 3 N–H and O–H groups in total. The van der Waals surface area contributed by atoms with Crippen molar-refractivity contribution < 1.29 is 14.3 Å². The predicted molar refractivity (Wildman–Crippen MR) is 106 cm³/mol. The molecule has 6 nitrogen and oxygen atoms in total. The standard InChI is InChI=1S/C21H29N3O3/c1-4-12-26-18-9-5-6-10-19(18)27-21-16(8-7-11-23-21)14-24-20(25)17(22)13-15(2)3/h5-11,15,17H,4,12-14,22H2,1-3H3,(H,24,25)/t17-/m0/s1. The van der Waals surface area contributed by atoms with Gasteiger partial charge >= 0.3 is 0 Å². The summed E-state index contributed by atoms with van der Waals surface area (Å²) < 4.78 is 11.7. The van der Waals surface area contributed by atoms with Gasteiger partial charge in [0.2, 0.25) is 11.8 Å². The average molecular weight is 371 g/mol. The van der Waals surface area contributed by atoms with Crippen molar-refractivity contribution in [2.75, 3.05) is 6.61 Å². The number of pyridine rings is 1. The molecule has 0 spiro atoms. The van der Waals surface area contributed by atoms with Crippen LogP contribution >= 0.6 is 0 Å². The van der Waals surface area contributed by atoms with Crippen LogP contribution in [0.15, 0.2) is 42.6 Å². The van der Waals surface area contributed by atoms with Crippen molar-refractivity contribution in [1.82, 2.24) is 10.3 Å². The zero-order chi connectivity index (χ0) is 19.6. The molecule has 0 saturated heterocycles. The maximum Gasteiger partial charge on any atom is 0.237 e. The van der Waals surface area contributed by atoms with Crippen LogP contribution in [0.25, 0.3) is 0 Å². The number of nitrogens with two attached hydrogens (primary N) is 1. The number of hydrogen-bond donors (Lipinski definition) is 2. The van der Waals surface area contributed by atoms with Crippen LogP contribution in [0.4, 0.5) is 0 Å². The Hall–Kier alpha value is -2.60. The normalized spacial score (nSPS) is 11.9. The van der Waals surface area contributed by atoms with E-state index in [4.69, 9.17) is 15.2 Å².